The molecule has 1 aromatic carbocycles. The summed E-state index contributed by atoms with van der Waals surface area (Å²) in [5, 5.41) is 2.05. The first-order valence-corrected chi connectivity index (χ1v) is 5.15. The second-order valence-electron chi connectivity index (χ2n) is 3.24. The van der Waals surface area contributed by atoms with E-state index in [9.17, 15) is 4.39 Å². The molecule has 2 nitrogen and oxygen atoms in total. The van der Waals surface area contributed by atoms with E-state index in [-0.39, 0.29) is 29.8 Å². The summed E-state index contributed by atoms with van der Waals surface area (Å²) in [4.78, 5) is 5.26. The normalized spacial score (nSPS) is 10.8. The maximum absolute atomic E-state index is 12.9. The SMILES string of the molecule is Cc1csc2nc3cc(F)ccc3n12.I. The van der Waals surface area contributed by atoms with Gasteiger partial charge in [-0.3, -0.25) is 4.40 Å². The maximum atomic E-state index is 12.9. The fraction of sp³-hybridized carbons (Fsp3) is 0.100. The van der Waals surface area contributed by atoms with Crippen LogP contribution in [0.3, 0.4) is 0 Å². The largest absolute Gasteiger partial charge is 0.288 e. The lowest BCUT2D eigenvalue weighted by Gasteiger charge is -1.92. The van der Waals surface area contributed by atoms with Gasteiger partial charge in [0, 0.05) is 17.1 Å². The van der Waals surface area contributed by atoms with Gasteiger partial charge in [-0.05, 0) is 19.1 Å². The monoisotopic (exact) mass is 334 g/mol. The minimum atomic E-state index is -0.235. The molecule has 0 radical (unpaired) electrons. The second-order valence-corrected chi connectivity index (χ2v) is 4.08. The number of hydrogen-bond acceptors (Lipinski definition) is 2. The summed E-state index contributed by atoms with van der Waals surface area (Å²) in [5.74, 6) is -0.235. The van der Waals surface area contributed by atoms with Crippen molar-refractivity contribution >= 4 is 51.3 Å². The van der Waals surface area contributed by atoms with Crippen LogP contribution >= 0.6 is 35.3 Å². The Morgan fingerprint density at radius 1 is 1.40 bits per heavy atom. The zero-order valence-electron chi connectivity index (χ0n) is 7.90. The molecule has 0 aliphatic carbocycles. The molecule has 3 aromatic rings. The average molecular weight is 334 g/mol. The summed E-state index contributed by atoms with van der Waals surface area (Å²) >= 11 is 1.57. The minimum Gasteiger partial charge on any atom is -0.288 e. The lowest BCUT2D eigenvalue weighted by Crippen LogP contribution is -1.82. The van der Waals surface area contributed by atoms with Crippen LogP contribution in [-0.4, -0.2) is 9.38 Å². The molecule has 0 N–H and O–H groups in total. The highest BCUT2D eigenvalue weighted by molar-refractivity contribution is 14.0. The van der Waals surface area contributed by atoms with E-state index in [1.54, 1.807) is 17.4 Å². The van der Waals surface area contributed by atoms with E-state index in [1.807, 2.05) is 16.7 Å². The molecule has 0 spiro atoms. The molecule has 78 valence electrons. The summed E-state index contributed by atoms with van der Waals surface area (Å²) in [5.41, 5.74) is 2.83. The highest BCUT2D eigenvalue weighted by atomic mass is 127. The molecule has 2 aromatic heterocycles. The smallest absolute Gasteiger partial charge is 0.194 e. The highest BCUT2D eigenvalue weighted by Crippen LogP contribution is 2.23. The van der Waals surface area contributed by atoms with Crippen molar-refractivity contribution in [1.29, 1.82) is 0 Å². The van der Waals surface area contributed by atoms with Crippen molar-refractivity contribution in [3.63, 3.8) is 0 Å². The van der Waals surface area contributed by atoms with Crippen LogP contribution < -0.4 is 0 Å². The number of aromatic nitrogens is 2. The Balaban J connectivity index is 0.000000853. The number of thiazole rings is 1. The Bertz CT molecular complexity index is 629. The number of halogens is 2. The Morgan fingerprint density at radius 2 is 2.20 bits per heavy atom. The van der Waals surface area contributed by atoms with Crippen LogP contribution in [0.1, 0.15) is 5.69 Å². The van der Waals surface area contributed by atoms with E-state index in [2.05, 4.69) is 4.98 Å². The minimum absolute atomic E-state index is 0. The number of aryl methyl sites for hydroxylation is 1. The fourth-order valence-electron chi connectivity index (χ4n) is 1.64. The lowest BCUT2D eigenvalue weighted by atomic mass is 10.3. The molecule has 0 aliphatic heterocycles. The van der Waals surface area contributed by atoms with Gasteiger partial charge in [-0.2, -0.15) is 0 Å². The highest BCUT2D eigenvalue weighted by Gasteiger charge is 2.08. The molecule has 0 amide bonds. The van der Waals surface area contributed by atoms with E-state index in [0.717, 1.165) is 21.7 Å². The molecular formula is C10H8FIN2S. The topological polar surface area (TPSA) is 17.3 Å². The lowest BCUT2D eigenvalue weighted by molar-refractivity contribution is 0.629. The predicted molar refractivity (Wildman–Crippen MR) is 70.7 cm³/mol. The van der Waals surface area contributed by atoms with E-state index < -0.39 is 0 Å². The number of nitrogens with zero attached hydrogens (tertiary/aromatic N) is 2. The van der Waals surface area contributed by atoms with Gasteiger partial charge in [0.15, 0.2) is 4.96 Å². The first-order chi connectivity index (χ1) is 6.75. The van der Waals surface area contributed by atoms with Crippen molar-refractivity contribution in [2.75, 3.05) is 0 Å². The molecule has 0 fully saturated rings. The van der Waals surface area contributed by atoms with Crippen LogP contribution in [0.4, 0.5) is 4.39 Å². The van der Waals surface area contributed by atoms with Gasteiger partial charge in [0.1, 0.15) is 5.82 Å². The third kappa shape index (κ3) is 1.53. The molecular weight excluding hydrogens is 326 g/mol. The van der Waals surface area contributed by atoms with Crippen LogP contribution in [0, 0.1) is 12.7 Å². The quantitative estimate of drug-likeness (QED) is 0.574. The van der Waals surface area contributed by atoms with Crippen LogP contribution in [-0.2, 0) is 0 Å². The van der Waals surface area contributed by atoms with Crippen molar-refractivity contribution in [3.8, 4) is 0 Å². The third-order valence-electron chi connectivity index (χ3n) is 2.27. The van der Waals surface area contributed by atoms with Crippen molar-refractivity contribution in [3.05, 3.63) is 35.1 Å². The van der Waals surface area contributed by atoms with Gasteiger partial charge < -0.3 is 0 Å². The molecule has 2 heterocycles. The number of imidazole rings is 1. The molecule has 0 aliphatic rings. The molecule has 0 saturated carbocycles. The van der Waals surface area contributed by atoms with Crippen molar-refractivity contribution in [2.45, 2.75) is 6.92 Å². The van der Waals surface area contributed by atoms with E-state index in [0.29, 0.717) is 0 Å². The van der Waals surface area contributed by atoms with Gasteiger partial charge in [-0.25, -0.2) is 9.37 Å². The molecule has 0 unspecified atom stereocenters. The fourth-order valence-corrected chi connectivity index (χ4v) is 2.52. The number of rotatable bonds is 0. The van der Waals surface area contributed by atoms with Crippen LogP contribution in [0.15, 0.2) is 23.6 Å². The first-order valence-electron chi connectivity index (χ1n) is 4.27. The Kier molecular flexibility index (Phi) is 2.68. The zero-order chi connectivity index (χ0) is 9.71. The van der Waals surface area contributed by atoms with E-state index >= 15 is 0 Å². The molecule has 0 bridgehead atoms. The van der Waals surface area contributed by atoms with Crippen LogP contribution in [0.2, 0.25) is 0 Å². The molecule has 0 atom stereocenters. The predicted octanol–water partition coefficient (Wildman–Crippen LogP) is 3.61. The average Bonchev–Trinajstić information content (AvgIpc) is 2.66. The molecule has 0 saturated heterocycles. The molecule has 3 rings (SSSR count). The standard InChI is InChI=1S/C10H7FN2S.HI/c1-6-5-14-10-12-8-4-7(11)2-3-9(8)13(6)10;/h2-5H,1H3;1H. The van der Waals surface area contributed by atoms with E-state index in [1.165, 1.54) is 12.1 Å². The Hall–Kier alpha value is -0.690. The van der Waals surface area contributed by atoms with Crippen molar-refractivity contribution in [1.82, 2.24) is 9.38 Å². The van der Waals surface area contributed by atoms with Gasteiger partial charge in [-0.15, -0.1) is 35.3 Å². The second kappa shape index (κ2) is 3.71. The Labute approximate surface area is 107 Å². The van der Waals surface area contributed by atoms with Crippen LogP contribution in [0.25, 0.3) is 16.0 Å². The van der Waals surface area contributed by atoms with Gasteiger partial charge in [0.25, 0.3) is 0 Å². The summed E-state index contributed by atoms with van der Waals surface area (Å²) in [6, 6.07) is 4.70. The van der Waals surface area contributed by atoms with Gasteiger partial charge in [-0.1, -0.05) is 0 Å². The summed E-state index contributed by atoms with van der Waals surface area (Å²) in [6.07, 6.45) is 0. The van der Waals surface area contributed by atoms with Gasteiger partial charge in [0.2, 0.25) is 0 Å². The summed E-state index contributed by atoms with van der Waals surface area (Å²) in [6.45, 7) is 2.02. The number of benzene rings is 1. The molecule has 5 heteroatoms. The maximum Gasteiger partial charge on any atom is 0.194 e. The summed E-state index contributed by atoms with van der Waals surface area (Å²) < 4.78 is 15.0. The Morgan fingerprint density at radius 3 is 3.00 bits per heavy atom. The first kappa shape index (κ1) is 10.8. The third-order valence-corrected chi connectivity index (χ3v) is 3.22. The van der Waals surface area contributed by atoms with Crippen molar-refractivity contribution < 1.29 is 4.39 Å². The van der Waals surface area contributed by atoms with Crippen LogP contribution in [0.5, 0.6) is 0 Å². The zero-order valence-corrected chi connectivity index (χ0v) is 11.0. The molecule has 15 heavy (non-hydrogen) atoms. The van der Waals surface area contributed by atoms with Gasteiger partial charge in [0.05, 0.1) is 11.0 Å². The summed E-state index contributed by atoms with van der Waals surface area (Å²) in [7, 11) is 0. The number of fused-ring (bicyclic) bond motifs is 3. The van der Waals surface area contributed by atoms with Crippen molar-refractivity contribution in [2.24, 2.45) is 0 Å². The van der Waals surface area contributed by atoms with E-state index in [4.69, 9.17) is 0 Å². The number of hydrogen-bond donors (Lipinski definition) is 0. The van der Waals surface area contributed by atoms with Gasteiger partial charge >= 0.3 is 0 Å².